The van der Waals surface area contributed by atoms with Crippen molar-refractivity contribution in [2.24, 2.45) is 0 Å². The molecule has 0 aliphatic rings. The highest BCUT2D eigenvalue weighted by Gasteiger charge is 2.11. The molecule has 0 fully saturated rings. The molecule has 1 heterocycles. The van der Waals surface area contributed by atoms with E-state index in [2.05, 4.69) is 23.3 Å². The average Bonchev–Trinajstić information content (AvgIpc) is 2.82. The van der Waals surface area contributed by atoms with Crippen molar-refractivity contribution in [3.8, 4) is 5.75 Å². The molecule has 2 rings (SSSR count). The fourth-order valence-electron chi connectivity index (χ4n) is 1.93. The predicted molar refractivity (Wildman–Crippen MR) is 75.1 cm³/mol. The van der Waals surface area contributed by atoms with Gasteiger partial charge >= 0.3 is 0 Å². The van der Waals surface area contributed by atoms with Crippen molar-refractivity contribution in [2.45, 2.75) is 26.4 Å². The highest BCUT2D eigenvalue weighted by atomic mass is 32.1. The van der Waals surface area contributed by atoms with Crippen LogP contribution >= 0.6 is 11.3 Å². The lowest BCUT2D eigenvalue weighted by Crippen LogP contribution is -2.18. The van der Waals surface area contributed by atoms with Crippen LogP contribution in [-0.2, 0) is 6.54 Å². The van der Waals surface area contributed by atoms with E-state index >= 15 is 0 Å². The van der Waals surface area contributed by atoms with Gasteiger partial charge in [-0.15, -0.1) is 11.3 Å². The average molecular weight is 262 g/mol. The number of nitrogens with zero attached hydrogens (tertiary/aromatic N) is 1. The topological polar surface area (TPSA) is 34.1 Å². The van der Waals surface area contributed by atoms with Crippen molar-refractivity contribution in [1.82, 2.24) is 10.3 Å². The van der Waals surface area contributed by atoms with Gasteiger partial charge in [0.1, 0.15) is 5.75 Å². The van der Waals surface area contributed by atoms with Gasteiger partial charge in [0.05, 0.1) is 18.3 Å². The highest BCUT2D eigenvalue weighted by Crippen LogP contribution is 2.23. The lowest BCUT2D eigenvalue weighted by Gasteiger charge is -2.14. The number of para-hydroxylation sites is 1. The third-order valence-corrected chi connectivity index (χ3v) is 4.08. The summed E-state index contributed by atoms with van der Waals surface area (Å²) in [7, 11) is 1.70. The summed E-state index contributed by atoms with van der Waals surface area (Å²) in [6.07, 6.45) is 0. The van der Waals surface area contributed by atoms with Gasteiger partial charge in [0, 0.05) is 23.0 Å². The third kappa shape index (κ3) is 2.89. The molecule has 96 valence electrons. The normalized spacial score (nSPS) is 12.4. The van der Waals surface area contributed by atoms with Gasteiger partial charge in [0.15, 0.2) is 0 Å². The molecule has 2 aromatic rings. The molecule has 0 aliphatic heterocycles. The lowest BCUT2D eigenvalue weighted by atomic mass is 10.1. The molecule has 0 amide bonds. The maximum Gasteiger partial charge on any atom is 0.123 e. The van der Waals surface area contributed by atoms with Crippen LogP contribution in [0, 0.1) is 6.92 Å². The van der Waals surface area contributed by atoms with Crippen LogP contribution in [0.25, 0.3) is 0 Å². The Morgan fingerprint density at radius 3 is 2.83 bits per heavy atom. The molecule has 1 unspecified atom stereocenters. The standard InChI is InChI=1S/C14H18N2OS/c1-10(14-11(2)16-9-18-14)15-8-12-6-4-5-7-13(12)17-3/h4-7,9-10,15H,8H2,1-3H3. The van der Waals surface area contributed by atoms with Crippen molar-refractivity contribution < 1.29 is 4.74 Å². The smallest absolute Gasteiger partial charge is 0.123 e. The minimum absolute atomic E-state index is 0.308. The van der Waals surface area contributed by atoms with Crippen LogP contribution in [0.1, 0.15) is 29.1 Å². The third-order valence-electron chi connectivity index (χ3n) is 2.97. The van der Waals surface area contributed by atoms with Gasteiger partial charge in [0.25, 0.3) is 0 Å². The highest BCUT2D eigenvalue weighted by molar-refractivity contribution is 7.09. The molecule has 0 bridgehead atoms. The van der Waals surface area contributed by atoms with Crippen LogP contribution in [0.4, 0.5) is 0 Å². The number of nitrogens with one attached hydrogen (secondary N) is 1. The first-order chi connectivity index (χ1) is 8.72. The zero-order valence-electron chi connectivity index (χ0n) is 10.9. The Bertz CT molecular complexity index is 510. The molecule has 1 aromatic carbocycles. The SMILES string of the molecule is COc1ccccc1CNC(C)c1scnc1C. The molecule has 0 saturated heterocycles. The van der Waals surface area contributed by atoms with Crippen molar-refractivity contribution in [1.29, 1.82) is 0 Å². The lowest BCUT2D eigenvalue weighted by molar-refractivity contribution is 0.406. The van der Waals surface area contributed by atoms with E-state index in [1.165, 1.54) is 10.4 Å². The number of aryl methyl sites for hydroxylation is 1. The Morgan fingerprint density at radius 1 is 1.39 bits per heavy atom. The van der Waals surface area contributed by atoms with Crippen LogP contribution in [0.5, 0.6) is 5.75 Å². The Balaban J connectivity index is 2.01. The summed E-state index contributed by atoms with van der Waals surface area (Å²) in [5.74, 6) is 0.929. The van der Waals surface area contributed by atoms with E-state index in [1.54, 1.807) is 18.4 Å². The second-order valence-electron chi connectivity index (χ2n) is 4.22. The van der Waals surface area contributed by atoms with Crippen LogP contribution in [0.15, 0.2) is 29.8 Å². The minimum Gasteiger partial charge on any atom is -0.496 e. The van der Waals surface area contributed by atoms with E-state index in [-0.39, 0.29) is 0 Å². The monoisotopic (exact) mass is 262 g/mol. The fourth-order valence-corrected chi connectivity index (χ4v) is 2.77. The zero-order chi connectivity index (χ0) is 13.0. The van der Waals surface area contributed by atoms with Gasteiger partial charge in [-0.1, -0.05) is 18.2 Å². The molecule has 0 aliphatic carbocycles. The Hall–Kier alpha value is -1.39. The maximum atomic E-state index is 5.34. The second kappa shape index (κ2) is 5.98. The van der Waals surface area contributed by atoms with Gasteiger partial charge in [0.2, 0.25) is 0 Å². The van der Waals surface area contributed by atoms with Crippen LogP contribution in [0.3, 0.4) is 0 Å². The Kier molecular flexibility index (Phi) is 4.33. The summed E-state index contributed by atoms with van der Waals surface area (Å²) in [4.78, 5) is 5.58. The summed E-state index contributed by atoms with van der Waals surface area (Å²) < 4.78 is 5.34. The fraction of sp³-hybridized carbons (Fsp3) is 0.357. The summed E-state index contributed by atoms with van der Waals surface area (Å²) >= 11 is 1.70. The number of methoxy groups -OCH3 is 1. The van der Waals surface area contributed by atoms with Crippen molar-refractivity contribution in [3.05, 3.63) is 45.9 Å². The molecule has 0 radical (unpaired) electrons. The number of ether oxygens (including phenoxy) is 1. The van der Waals surface area contributed by atoms with E-state index in [0.29, 0.717) is 6.04 Å². The quantitative estimate of drug-likeness (QED) is 0.897. The van der Waals surface area contributed by atoms with Crippen LogP contribution in [0.2, 0.25) is 0 Å². The molecule has 1 N–H and O–H groups in total. The van der Waals surface area contributed by atoms with Gasteiger partial charge < -0.3 is 10.1 Å². The first kappa shape index (κ1) is 13.1. The summed E-state index contributed by atoms with van der Waals surface area (Å²) in [6.45, 7) is 5.01. The Labute approximate surface area is 112 Å². The summed E-state index contributed by atoms with van der Waals surface area (Å²) in [5, 5.41) is 3.51. The second-order valence-corrected chi connectivity index (χ2v) is 5.10. The molecule has 18 heavy (non-hydrogen) atoms. The minimum atomic E-state index is 0.308. The van der Waals surface area contributed by atoms with Crippen LogP contribution in [-0.4, -0.2) is 12.1 Å². The van der Waals surface area contributed by atoms with E-state index in [4.69, 9.17) is 4.74 Å². The van der Waals surface area contributed by atoms with Gasteiger partial charge in [-0.3, -0.25) is 0 Å². The number of thiazole rings is 1. The molecule has 1 aromatic heterocycles. The van der Waals surface area contributed by atoms with Crippen molar-refractivity contribution in [2.75, 3.05) is 7.11 Å². The van der Waals surface area contributed by atoms with Gasteiger partial charge in [-0.05, 0) is 19.9 Å². The number of rotatable bonds is 5. The number of benzene rings is 1. The van der Waals surface area contributed by atoms with Gasteiger partial charge in [-0.2, -0.15) is 0 Å². The zero-order valence-corrected chi connectivity index (χ0v) is 11.8. The molecule has 1 atom stereocenters. The molecular weight excluding hydrogens is 244 g/mol. The molecule has 0 saturated carbocycles. The Morgan fingerprint density at radius 2 is 2.17 bits per heavy atom. The van der Waals surface area contributed by atoms with Gasteiger partial charge in [-0.25, -0.2) is 4.98 Å². The maximum absolute atomic E-state index is 5.34. The van der Waals surface area contributed by atoms with Crippen LogP contribution < -0.4 is 10.1 Å². The van der Waals surface area contributed by atoms with E-state index in [9.17, 15) is 0 Å². The van der Waals surface area contributed by atoms with E-state index < -0.39 is 0 Å². The number of hydrogen-bond acceptors (Lipinski definition) is 4. The van der Waals surface area contributed by atoms with Crippen molar-refractivity contribution in [3.63, 3.8) is 0 Å². The summed E-state index contributed by atoms with van der Waals surface area (Å²) in [6, 6.07) is 8.39. The van der Waals surface area contributed by atoms with E-state index in [1.807, 2.05) is 30.6 Å². The molecular formula is C14H18N2OS. The first-order valence-electron chi connectivity index (χ1n) is 5.97. The van der Waals surface area contributed by atoms with Crippen molar-refractivity contribution >= 4 is 11.3 Å². The molecule has 4 heteroatoms. The first-order valence-corrected chi connectivity index (χ1v) is 6.85. The van der Waals surface area contributed by atoms with E-state index in [0.717, 1.165) is 18.0 Å². The molecule has 3 nitrogen and oxygen atoms in total. The number of hydrogen-bond donors (Lipinski definition) is 1. The molecule has 0 spiro atoms. The largest absolute Gasteiger partial charge is 0.496 e. The predicted octanol–water partition coefficient (Wildman–Crippen LogP) is 3.31. The number of aromatic nitrogens is 1. The summed E-state index contributed by atoms with van der Waals surface area (Å²) in [5.41, 5.74) is 4.18.